The van der Waals surface area contributed by atoms with Crippen LogP contribution in [0.1, 0.15) is 11.5 Å². The number of halogens is 3. The minimum Gasteiger partial charge on any atom is -0.508 e. The molecule has 1 unspecified atom stereocenters. The molecule has 3 N–H and O–H groups in total. The molecular weight excluding hydrogens is 195 g/mol. The normalized spacial score (nSPS) is 13.2. The molecule has 14 heavy (non-hydrogen) atoms. The number of alkyl halides is 2. The second-order valence-corrected chi connectivity index (χ2v) is 2.88. The third-order valence-corrected chi connectivity index (χ3v) is 1.94. The Bertz CT molecular complexity index is 317. The molecule has 5 heteroatoms. The zero-order valence-corrected chi connectivity index (χ0v) is 7.25. The van der Waals surface area contributed by atoms with Gasteiger partial charge in [0.05, 0.1) is 5.92 Å². The van der Waals surface area contributed by atoms with Gasteiger partial charge in [0, 0.05) is 12.6 Å². The summed E-state index contributed by atoms with van der Waals surface area (Å²) < 4.78 is 37.8. The van der Waals surface area contributed by atoms with Crippen molar-refractivity contribution in [2.24, 2.45) is 5.73 Å². The summed E-state index contributed by atoms with van der Waals surface area (Å²) in [6.07, 6.45) is -2.71. The predicted molar refractivity (Wildman–Crippen MR) is 45.9 cm³/mol. The van der Waals surface area contributed by atoms with Gasteiger partial charge in [-0.1, -0.05) is 6.07 Å². The van der Waals surface area contributed by atoms with Crippen molar-refractivity contribution in [1.29, 1.82) is 0 Å². The van der Waals surface area contributed by atoms with Crippen LogP contribution < -0.4 is 5.73 Å². The molecule has 0 fully saturated rings. The Morgan fingerprint density at radius 3 is 2.43 bits per heavy atom. The lowest BCUT2D eigenvalue weighted by Gasteiger charge is -2.14. The number of aromatic hydroxyl groups is 1. The van der Waals surface area contributed by atoms with E-state index in [0.29, 0.717) is 0 Å². The first kappa shape index (κ1) is 10.8. The van der Waals surface area contributed by atoms with Crippen molar-refractivity contribution >= 4 is 0 Å². The summed E-state index contributed by atoms with van der Waals surface area (Å²) in [7, 11) is 0. The Labute approximate surface area is 79.2 Å². The summed E-state index contributed by atoms with van der Waals surface area (Å²) in [5, 5.41) is 8.87. The van der Waals surface area contributed by atoms with Crippen LogP contribution in [0.15, 0.2) is 18.2 Å². The van der Waals surface area contributed by atoms with Crippen LogP contribution in [0, 0.1) is 5.82 Å². The van der Waals surface area contributed by atoms with Crippen molar-refractivity contribution in [2.45, 2.75) is 12.3 Å². The number of benzene rings is 1. The molecular formula is C9H10F3NO. The molecule has 2 nitrogen and oxygen atoms in total. The lowest BCUT2D eigenvalue weighted by Crippen LogP contribution is -2.20. The van der Waals surface area contributed by atoms with E-state index >= 15 is 0 Å². The Kier molecular flexibility index (Phi) is 3.35. The summed E-state index contributed by atoms with van der Waals surface area (Å²) in [5.41, 5.74) is 4.94. The van der Waals surface area contributed by atoms with Gasteiger partial charge >= 0.3 is 0 Å². The lowest BCUT2D eigenvalue weighted by atomic mass is 9.99. The van der Waals surface area contributed by atoms with E-state index in [1.807, 2.05) is 0 Å². The highest BCUT2D eigenvalue weighted by Crippen LogP contribution is 2.26. The van der Waals surface area contributed by atoms with E-state index in [1.165, 1.54) is 0 Å². The first-order chi connectivity index (χ1) is 6.56. The van der Waals surface area contributed by atoms with Crippen LogP contribution >= 0.6 is 0 Å². The van der Waals surface area contributed by atoms with Crippen molar-refractivity contribution in [3.63, 3.8) is 0 Å². The van der Waals surface area contributed by atoms with Gasteiger partial charge in [0.15, 0.2) is 0 Å². The minimum atomic E-state index is -2.71. The highest BCUT2D eigenvalue weighted by Gasteiger charge is 2.23. The van der Waals surface area contributed by atoms with Crippen molar-refractivity contribution in [1.82, 2.24) is 0 Å². The average molecular weight is 205 g/mol. The standard InChI is InChI=1S/C9H10F3NO/c10-8-3-5(14)1-2-6(8)7(4-13)9(11)12/h1-3,7,9,14H,4,13H2. The monoisotopic (exact) mass is 205 g/mol. The molecule has 1 rings (SSSR count). The van der Waals surface area contributed by atoms with Gasteiger partial charge in [-0.05, 0) is 11.6 Å². The first-order valence-corrected chi connectivity index (χ1v) is 4.03. The number of nitrogens with two attached hydrogens (primary N) is 1. The third kappa shape index (κ3) is 2.17. The average Bonchev–Trinajstić information content (AvgIpc) is 2.09. The van der Waals surface area contributed by atoms with Crippen LogP contribution in [0.3, 0.4) is 0 Å². The SMILES string of the molecule is NCC(c1ccc(O)cc1F)C(F)F. The molecule has 0 spiro atoms. The fourth-order valence-corrected chi connectivity index (χ4v) is 1.18. The number of hydrogen-bond donors (Lipinski definition) is 2. The first-order valence-electron chi connectivity index (χ1n) is 4.03. The molecule has 1 atom stereocenters. The van der Waals surface area contributed by atoms with Crippen molar-refractivity contribution in [2.75, 3.05) is 6.54 Å². The van der Waals surface area contributed by atoms with Gasteiger partial charge in [0.25, 0.3) is 0 Å². The second kappa shape index (κ2) is 4.32. The fraction of sp³-hybridized carbons (Fsp3) is 0.333. The second-order valence-electron chi connectivity index (χ2n) is 2.88. The van der Waals surface area contributed by atoms with Crippen LogP contribution in [0.5, 0.6) is 5.75 Å². The molecule has 0 aromatic heterocycles. The van der Waals surface area contributed by atoms with Crippen molar-refractivity contribution < 1.29 is 18.3 Å². The van der Waals surface area contributed by atoms with Gasteiger partial charge in [-0.15, -0.1) is 0 Å². The third-order valence-electron chi connectivity index (χ3n) is 1.94. The number of phenolic OH excluding ortho intramolecular Hbond substituents is 1. The fourth-order valence-electron chi connectivity index (χ4n) is 1.18. The summed E-state index contributed by atoms with van der Waals surface area (Å²) in [5.74, 6) is -2.48. The van der Waals surface area contributed by atoms with E-state index in [4.69, 9.17) is 10.8 Å². The molecule has 1 aromatic carbocycles. The number of rotatable bonds is 3. The van der Waals surface area contributed by atoms with Gasteiger partial charge in [-0.25, -0.2) is 13.2 Å². The molecule has 0 radical (unpaired) electrons. The predicted octanol–water partition coefficient (Wildman–Crippen LogP) is 1.84. The Balaban J connectivity index is 3.04. The molecule has 0 amide bonds. The van der Waals surface area contributed by atoms with E-state index in [-0.39, 0.29) is 17.9 Å². The van der Waals surface area contributed by atoms with Gasteiger partial charge in [-0.2, -0.15) is 0 Å². The smallest absolute Gasteiger partial charge is 0.246 e. The lowest BCUT2D eigenvalue weighted by molar-refractivity contribution is 0.115. The van der Waals surface area contributed by atoms with Crippen LogP contribution in [0.25, 0.3) is 0 Å². The maximum atomic E-state index is 13.1. The van der Waals surface area contributed by atoms with Crippen LogP contribution in [0.2, 0.25) is 0 Å². The molecule has 1 aromatic rings. The molecule has 0 aliphatic heterocycles. The van der Waals surface area contributed by atoms with Crippen molar-refractivity contribution in [3.8, 4) is 5.75 Å². The molecule has 0 heterocycles. The molecule has 0 saturated carbocycles. The van der Waals surface area contributed by atoms with Gasteiger partial charge in [-0.3, -0.25) is 0 Å². The van der Waals surface area contributed by atoms with Gasteiger partial charge in [0.2, 0.25) is 6.43 Å². The quantitative estimate of drug-likeness (QED) is 0.790. The molecule has 0 aliphatic rings. The molecule has 0 aliphatic carbocycles. The van der Waals surface area contributed by atoms with E-state index in [9.17, 15) is 13.2 Å². The maximum Gasteiger partial charge on any atom is 0.246 e. The number of hydrogen-bond acceptors (Lipinski definition) is 2. The van der Waals surface area contributed by atoms with Gasteiger partial charge < -0.3 is 10.8 Å². The molecule has 78 valence electrons. The van der Waals surface area contributed by atoms with E-state index in [0.717, 1.165) is 18.2 Å². The summed E-state index contributed by atoms with van der Waals surface area (Å²) >= 11 is 0. The van der Waals surface area contributed by atoms with Gasteiger partial charge in [0.1, 0.15) is 11.6 Å². The highest BCUT2D eigenvalue weighted by atomic mass is 19.3. The summed E-state index contributed by atoms with van der Waals surface area (Å²) in [6.45, 7) is -0.334. The molecule has 0 bridgehead atoms. The van der Waals surface area contributed by atoms with E-state index < -0.39 is 18.2 Å². The minimum absolute atomic E-state index is 0.166. The summed E-state index contributed by atoms with van der Waals surface area (Å²) in [4.78, 5) is 0. The Hall–Kier alpha value is -1.23. The maximum absolute atomic E-state index is 13.1. The number of phenols is 1. The molecule has 0 saturated heterocycles. The van der Waals surface area contributed by atoms with Crippen molar-refractivity contribution in [3.05, 3.63) is 29.6 Å². The van der Waals surface area contributed by atoms with E-state index in [1.54, 1.807) is 0 Å². The summed E-state index contributed by atoms with van der Waals surface area (Å²) in [6, 6.07) is 3.07. The Morgan fingerprint density at radius 1 is 1.36 bits per heavy atom. The largest absolute Gasteiger partial charge is 0.508 e. The zero-order chi connectivity index (χ0) is 10.7. The topological polar surface area (TPSA) is 46.2 Å². The van der Waals surface area contributed by atoms with E-state index in [2.05, 4.69) is 0 Å². The van der Waals surface area contributed by atoms with Crippen LogP contribution in [-0.2, 0) is 0 Å². The Morgan fingerprint density at radius 2 is 2.00 bits per heavy atom. The van der Waals surface area contributed by atoms with Crippen LogP contribution in [0.4, 0.5) is 13.2 Å². The highest BCUT2D eigenvalue weighted by molar-refractivity contribution is 5.30. The zero-order valence-electron chi connectivity index (χ0n) is 7.25. The van der Waals surface area contributed by atoms with Crippen LogP contribution in [-0.4, -0.2) is 18.1 Å².